The van der Waals surface area contributed by atoms with Gasteiger partial charge >= 0.3 is 0 Å². The molecule has 6 heteroatoms. The van der Waals surface area contributed by atoms with Crippen molar-refractivity contribution in [2.45, 2.75) is 19.4 Å². The van der Waals surface area contributed by atoms with Gasteiger partial charge in [0.1, 0.15) is 5.82 Å². The molecule has 0 heterocycles. The number of nitrogens with one attached hydrogen (secondary N) is 2. The van der Waals surface area contributed by atoms with Crippen LogP contribution in [0.4, 0.5) is 15.8 Å². The maximum atomic E-state index is 14.1. The van der Waals surface area contributed by atoms with Gasteiger partial charge in [-0.25, -0.2) is 4.39 Å². The van der Waals surface area contributed by atoms with Crippen LogP contribution >= 0.6 is 0 Å². The normalized spacial score (nSPS) is 11.6. The van der Waals surface area contributed by atoms with Gasteiger partial charge < -0.3 is 16.4 Å². The monoisotopic (exact) mass is 315 g/mol. The predicted octanol–water partition coefficient (Wildman–Crippen LogP) is 2.75. The maximum absolute atomic E-state index is 14.1. The number of amides is 2. The van der Waals surface area contributed by atoms with Crippen molar-refractivity contribution >= 4 is 23.2 Å². The van der Waals surface area contributed by atoms with Gasteiger partial charge in [-0.1, -0.05) is 31.2 Å². The van der Waals surface area contributed by atoms with Crippen LogP contribution in [0.5, 0.6) is 0 Å². The van der Waals surface area contributed by atoms with Crippen LogP contribution in [-0.2, 0) is 4.79 Å². The molecule has 0 aliphatic rings. The number of carbonyl (C=O) groups is 2. The molecule has 0 aliphatic heterocycles. The number of carbonyl (C=O) groups excluding carboxylic acids is 2. The van der Waals surface area contributed by atoms with Gasteiger partial charge in [-0.05, 0) is 30.7 Å². The minimum absolute atomic E-state index is 0.0901. The van der Waals surface area contributed by atoms with Gasteiger partial charge in [0.2, 0.25) is 5.91 Å². The molecule has 5 nitrogen and oxygen atoms in total. The lowest BCUT2D eigenvalue weighted by molar-refractivity contribution is -0.117. The molecule has 0 radical (unpaired) electrons. The van der Waals surface area contributed by atoms with Crippen molar-refractivity contribution in [3.63, 3.8) is 0 Å². The summed E-state index contributed by atoms with van der Waals surface area (Å²) in [7, 11) is 0. The number of rotatable bonds is 5. The second-order valence-corrected chi connectivity index (χ2v) is 4.99. The van der Waals surface area contributed by atoms with Crippen LogP contribution in [0.1, 0.15) is 23.7 Å². The summed E-state index contributed by atoms with van der Waals surface area (Å²) in [6.07, 6.45) is 0.437. The first-order chi connectivity index (χ1) is 11.0. The summed E-state index contributed by atoms with van der Waals surface area (Å²) in [6.45, 7) is 1.76. The fourth-order valence-electron chi connectivity index (χ4n) is 1.98. The van der Waals surface area contributed by atoms with Crippen molar-refractivity contribution in [1.82, 2.24) is 0 Å². The van der Waals surface area contributed by atoms with E-state index in [0.717, 1.165) is 6.07 Å². The Labute approximate surface area is 133 Å². The van der Waals surface area contributed by atoms with E-state index in [1.165, 1.54) is 12.1 Å². The molecule has 0 aliphatic carbocycles. The highest BCUT2D eigenvalue weighted by Gasteiger charge is 2.20. The van der Waals surface area contributed by atoms with Crippen LogP contribution < -0.4 is 16.4 Å². The Balaban J connectivity index is 2.27. The molecular weight excluding hydrogens is 297 g/mol. The minimum Gasteiger partial charge on any atom is -0.324 e. The second-order valence-electron chi connectivity index (χ2n) is 4.99. The van der Waals surface area contributed by atoms with Crippen LogP contribution in [0.25, 0.3) is 0 Å². The molecule has 2 rings (SSSR count). The first kappa shape index (κ1) is 16.6. The van der Waals surface area contributed by atoms with E-state index >= 15 is 0 Å². The number of hydrogen-bond donors (Lipinski definition) is 3. The fourth-order valence-corrected chi connectivity index (χ4v) is 1.98. The standard InChI is InChI=1S/C17H18FN3O2/c1-2-13(19)16(22)21-14-10-6-9-12(18)15(14)17(23)20-11-7-4-3-5-8-11/h3-10,13H,2,19H2,1H3,(H,20,23)(H,21,22)/t13-/m0/s1. The van der Waals surface area contributed by atoms with E-state index in [1.54, 1.807) is 37.3 Å². The number of nitrogens with two attached hydrogens (primary N) is 1. The molecule has 2 amide bonds. The van der Waals surface area contributed by atoms with Crippen molar-refractivity contribution < 1.29 is 14.0 Å². The molecule has 0 spiro atoms. The predicted molar refractivity (Wildman–Crippen MR) is 87.7 cm³/mol. The van der Waals surface area contributed by atoms with E-state index in [9.17, 15) is 14.0 Å². The van der Waals surface area contributed by atoms with Crippen LogP contribution in [0.3, 0.4) is 0 Å². The van der Waals surface area contributed by atoms with Gasteiger partial charge in [0.15, 0.2) is 0 Å². The fraction of sp³-hybridized carbons (Fsp3) is 0.176. The Morgan fingerprint density at radius 3 is 2.43 bits per heavy atom. The van der Waals surface area contributed by atoms with Gasteiger partial charge in [0.25, 0.3) is 5.91 Å². The van der Waals surface area contributed by atoms with E-state index in [4.69, 9.17) is 5.73 Å². The largest absolute Gasteiger partial charge is 0.324 e. The molecule has 0 saturated heterocycles. The highest BCUT2D eigenvalue weighted by molar-refractivity contribution is 6.10. The number of anilines is 2. The molecule has 1 atom stereocenters. The number of para-hydroxylation sites is 1. The zero-order chi connectivity index (χ0) is 16.8. The molecule has 0 saturated carbocycles. The average Bonchev–Trinajstić information content (AvgIpc) is 2.54. The summed E-state index contributed by atoms with van der Waals surface area (Å²) < 4.78 is 14.1. The van der Waals surface area contributed by atoms with Crippen LogP contribution in [0.15, 0.2) is 48.5 Å². The average molecular weight is 315 g/mol. The Kier molecular flexibility index (Phi) is 5.43. The van der Waals surface area contributed by atoms with E-state index < -0.39 is 23.7 Å². The van der Waals surface area contributed by atoms with Crippen LogP contribution in [0, 0.1) is 5.82 Å². The summed E-state index contributed by atoms with van der Waals surface area (Å²) in [6, 6.07) is 12.0. The van der Waals surface area contributed by atoms with Crippen LogP contribution in [0.2, 0.25) is 0 Å². The van der Waals surface area contributed by atoms with E-state index in [0.29, 0.717) is 12.1 Å². The topological polar surface area (TPSA) is 84.2 Å². The van der Waals surface area contributed by atoms with Gasteiger partial charge in [-0.15, -0.1) is 0 Å². The summed E-state index contributed by atoms with van der Waals surface area (Å²) in [5.74, 6) is -1.83. The number of halogens is 1. The molecular formula is C17H18FN3O2. The molecule has 2 aromatic rings. The lowest BCUT2D eigenvalue weighted by Gasteiger charge is -2.14. The maximum Gasteiger partial charge on any atom is 0.260 e. The lowest BCUT2D eigenvalue weighted by Crippen LogP contribution is -2.35. The third-order valence-corrected chi connectivity index (χ3v) is 3.31. The van der Waals surface area contributed by atoms with E-state index in [1.807, 2.05) is 0 Å². The third kappa shape index (κ3) is 4.14. The molecule has 23 heavy (non-hydrogen) atoms. The zero-order valence-corrected chi connectivity index (χ0v) is 12.7. The molecule has 0 unspecified atom stereocenters. The second kappa shape index (κ2) is 7.51. The Hall–Kier alpha value is -2.73. The summed E-state index contributed by atoms with van der Waals surface area (Å²) in [4.78, 5) is 24.2. The van der Waals surface area contributed by atoms with Crippen molar-refractivity contribution in [3.05, 3.63) is 59.9 Å². The molecule has 0 fully saturated rings. The first-order valence-electron chi connectivity index (χ1n) is 7.24. The van der Waals surface area contributed by atoms with Crippen molar-refractivity contribution in [2.24, 2.45) is 5.73 Å². The Morgan fingerprint density at radius 2 is 1.78 bits per heavy atom. The number of benzene rings is 2. The SMILES string of the molecule is CC[C@H](N)C(=O)Nc1cccc(F)c1C(=O)Nc1ccccc1. The summed E-state index contributed by atoms with van der Waals surface area (Å²) in [5, 5.41) is 5.10. The molecule has 2 aromatic carbocycles. The summed E-state index contributed by atoms with van der Waals surface area (Å²) >= 11 is 0. The van der Waals surface area contributed by atoms with Crippen molar-refractivity contribution in [3.8, 4) is 0 Å². The molecule has 0 aromatic heterocycles. The molecule has 120 valence electrons. The van der Waals surface area contributed by atoms with Gasteiger partial charge in [0.05, 0.1) is 17.3 Å². The lowest BCUT2D eigenvalue weighted by atomic mass is 10.1. The third-order valence-electron chi connectivity index (χ3n) is 3.31. The van der Waals surface area contributed by atoms with Crippen molar-refractivity contribution in [2.75, 3.05) is 10.6 Å². The van der Waals surface area contributed by atoms with Crippen LogP contribution in [-0.4, -0.2) is 17.9 Å². The highest BCUT2D eigenvalue weighted by Crippen LogP contribution is 2.21. The van der Waals surface area contributed by atoms with Gasteiger partial charge in [-0.2, -0.15) is 0 Å². The molecule has 0 bridgehead atoms. The summed E-state index contributed by atoms with van der Waals surface area (Å²) in [5.41, 5.74) is 6.04. The highest BCUT2D eigenvalue weighted by atomic mass is 19.1. The van der Waals surface area contributed by atoms with Crippen molar-refractivity contribution in [1.29, 1.82) is 0 Å². The smallest absolute Gasteiger partial charge is 0.260 e. The molecule has 4 N–H and O–H groups in total. The van der Waals surface area contributed by atoms with Gasteiger partial charge in [0, 0.05) is 5.69 Å². The van der Waals surface area contributed by atoms with Gasteiger partial charge in [-0.3, -0.25) is 9.59 Å². The first-order valence-corrected chi connectivity index (χ1v) is 7.24. The zero-order valence-electron chi connectivity index (χ0n) is 12.7. The number of hydrogen-bond acceptors (Lipinski definition) is 3. The Bertz CT molecular complexity index is 704. The Morgan fingerprint density at radius 1 is 1.09 bits per heavy atom. The quantitative estimate of drug-likeness (QED) is 0.793. The minimum atomic E-state index is -0.721. The van der Waals surface area contributed by atoms with E-state index in [-0.39, 0.29) is 11.3 Å². The van der Waals surface area contributed by atoms with E-state index in [2.05, 4.69) is 10.6 Å².